The maximum atomic E-state index is 5.03. The Labute approximate surface area is 210 Å². The molecular formula is C32H19N5. The molecule has 0 saturated heterocycles. The van der Waals surface area contributed by atoms with Crippen molar-refractivity contribution in [3.8, 4) is 5.95 Å². The summed E-state index contributed by atoms with van der Waals surface area (Å²) in [7, 11) is 0. The molecule has 5 heterocycles. The van der Waals surface area contributed by atoms with Gasteiger partial charge in [0.15, 0.2) is 0 Å². The Kier molecular flexibility index (Phi) is 3.42. The summed E-state index contributed by atoms with van der Waals surface area (Å²) >= 11 is 0. The second-order valence-corrected chi connectivity index (χ2v) is 9.75. The van der Waals surface area contributed by atoms with Crippen LogP contribution in [0.3, 0.4) is 0 Å². The van der Waals surface area contributed by atoms with E-state index in [9.17, 15) is 0 Å². The van der Waals surface area contributed by atoms with E-state index in [4.69, 9.17) is 9.97 Å². The first-order chi connectivity index (χ1) is 18.3. The maximum Gasteiger partial charge on any atom is 0.235 e. The second-order valence-electron chi connectivity index (χ2n) is 9.75. The lowest BCUT2D eigenvalue weighted by Crippen LogP contribution is -2.04. The SMILES string of the molecule is Cc1nc(-n2c3ccccc3c3cc4c5ccccc5n5c6ccccc6c(c32)c45)nc2cccnc12. The minimum atomic E-state index is 0.673. The highest BCUT2D eigenvalue weighted by atomic mass is 15.2. The lowest BCUT2D eigenvalue weighted by molar-refractivity contribution is 0.986. The summed E-state index contributed by atoms with van der Waals surface area (Å²) in [6.07, 6.45) is 1.80. The summed E-state index contributed by atoms with van der Waals surface area (Å²) in [6.45, 7) is 2.01. The van der Waals surface area contributed by atoms with E-state index >= 15 is 0 Å². The Morgan fingerprint density at radius 3 is 2.05 bits per heavy atom. The van der Waals surface area contributed by atoms with Crippen molar-refractivity contribution >= 4 is 70.9 Å². The number of para-hydroxylation sites is 3. The average Bonchev–Trinajstić information content (AvgIpc) is 3.57. The van der Waals surface area contributed by atoms with Gasteiger partial charge in [-0.15, -0.1) is 0 Å². The Bertz CT molecular complexity index is 2370. The number of benzene rings is 4. The molecule has 5 nitrogen and oxygen atoms in total. The van der Waals surface area contributed by atoms with Crippen LogP contribution in [0.1, 0.15) is 5.69 Å². The predicted molar refractivity (Wildman–Crippen MR) is 151 cm³/mol. The van der Waals surface area contributed by atoms with Gasteiger partial charge < -0.3 is 4.40 Å². The molecule has 0 bridgehead atoms. The molecule has 0 radical (unpaired) electrons. The summed E-state index contributed by atoms with van der Waals surface area (Å²) in [5, 5.41) is 7.44. The molecule has 0 aliphatic carbocycles. The van der Waals surface area contributed by atoms with Gasteiger partial charge in [-0.05, 0) is 43.3 Å². The Morgan fingerprint density at radius 2 is 1.24 bits per heavy atom. The maximum absolute atomic E-state index is 5.03. The fourth-order valence-corrected chi connectivity index (χ4v) is 6.37. The van der Waals surface area contributed by atoms with Crippen LogP contribution in [0.15, 0.2) is 97.2 Å². The Hall–Kier alpha value is -5.03. The predicted octanol–water partition coefficient (Wildman–Crippen LogP) is 7.58. The van der Waals surface area contributed by atoms with Crippen molar-refractivity contribution in [3.05, 3.63) is 103 Å². The van der Waals surface area contributed by atoms with Crippen molar-refractivity contribution in [1.29, 1.82) is 0 Å². The first-order valence-electron chi connectivity index (χ1n) is 12.5. The van der Waals surface area contributed by atoms with Crippen molar-refractivity contribution in [2.45, 2.75) is 6.92 Å². The minimum Gasteiger partial charge on any atom is -0.308 e. The van der Waals surface area contributed by atoms with Gasteiger partial charge in [0.05, 0.1) is 38.8 Å². The van der Waals surface area contributed by atoms with Crippen molar-refractivity contribution < 1.29 is 0 Å². The molecule has 5 heteroatoms. The van der Waals surface area contributed by atoms with Crippen molar-refractivity contribution in [1.82, 2.24) is 23.9 Å². The molecule has 0 spiro atoms. The van der Waals surface area contributed by atoms with Crippen LogP contribution in [0.5, 0.6) is 0 Å². The molecular weight excluding hydrogens is 454 g/mol. The van der Waals surface area contributed by atoms with E-state index in [2.05, 4.69) is 92.8 Å². The Balaban J connectivity index is 1.61. The van der Waals surface area contributed by atoms with E-state index in [1.807, 2.05) is 19.1 Å². The van der Waals surface area contributed by atoms with E-state index in [1.54, 1.807) is 6.20 Å². The number of aryl methyl sites for hydroxylation is 1. The zero-order chi connectivity index (χ0) is 24.2. The molecule has 5 aromatic heterocycles. The van der Waals surface area contributed by atoms with E-state index in [0.29, 0.717) is 5.95 Å². The molecule has 0 amide bonds. The topological polar surface area (TPSA) is 48.0 Å². The summed E-state index contributed by atoms with van der Waals surface area (Å²) in [5.74, 6) is 0.673. The van der Waals surface area contributed by atoms with Gasteiger partial charge in [-0.1, -0.05) is 54.6 Å². The van der Waals surface area contributed by atoms with Crippen LogP contribution in [0, 0.1) is 6.92 Å². The highest BCUT2D eigenvalue weighted by molar-refractivity contribution is 6.34. The summed E-state index contributed by atoms with van der Waals surface area (Å²) < 4.78 is 4.68. The van der Waals surface area contributed by atoms with Crippen LogP contribution in [0.2, 0.25) is 0 Å². The smallest absolute Gasteiger partial charge is 0.235 e. The molecule has 0 fully saturated rings. The zero-order valence-corrected chi connectivity index (χ0v) is 20.0. The molecule has 0 aliphatic rings. The quantitative estimate of drug-likeness (QED) is 0.247. The Morgan fingerprint density at radius 1 is 0.595 bits per heavy atom. The van der Waals surface area contributed by atoms with Crippen LogP contribution in [0.4, 0.5) is 0 Å². The van der Waals surface area contributed by atoms with Crippen LogP contribution in [-0.2, 0) is 0 Å². The monoisotopic (exact) mass is 473 g/mol. The molecule has 0 N–H and O–H groups in total. The number of nitrogens with zero attached hydrogens (tertiary/aromatic N) is 5. The molecule has 0 saturated carbocycles. The van der Waals surface area contributed by atoms with E-state index in [-0.39, 0.29) is 0 Å². The third-order valence-corrected chi connectivity index (χ3v) is 7.82. The normalized spacial score (nSPS) is 12.5. The average molecular weight is 474 g/mol. The van der Waals surface area contributed by atoms with Gasteiger partial charge in [0.1, 0.15) is 5.52 Å². The number of aromatic nitrogens is 5. The molecule has 0 atom stereocenters. The van der Waals surface area contributed by atoms with Crippen LogP contribution in [-0.4, -0.2) is 23.9 Å². The van der Waals surface area contributed by atoms with E-state index < -0.39 is 0 Å². The van der Waals surface area contributed by atoms with Crippen LogP contribution < -0.4 is 0 Å². The van der Waals surface area contributed by atoms with Gasteiger partial charge in [-0.25, -0.2) is 9.97 Å². The number of hydrogen-bond acceptors (Lipinski definition) is 3. The first kappa shape index (κ1) is 19.2. The molecule has 0 unspecified atom stereocenters. The van der Waals surface area contributed by atoms with Crippen molar-refractivity contribution in [2.24, 2.45) is 0 Å². The molecule has 0 aliphatic heterocycles. The summed E-state index contributed by atoms with van der Waals surface area (Å²) in [5.41, 5.74) is 8.50. The third-order valence-electron chi connectivity index (χ3n) is 7.82. The van der Waals surface area contributed by atoms with Gasteiger partial charge in [-0.2, -0.15) is 0 Å². The van der Waals surface area contributed by atoms with Gasteiger partial charge in [-0.3, -0.25) is 9.55 Å². The second kappa shape index (κ2) is 6.59. The van der Waals surface area contributed by atoms with Crippen LogP contribution in [0.25, 0.3) is 76.9 Å². The number of hydrogen-bond donors (Lipinski definition) is 0. The molecule has 37 heavy (non-hydrogen) atoms. The highest BCUT2D eigenvalue weighted by Crippen LogP contribution is 2.46. The first-order valence-corrected chi connectivity index (χ1v) is 12.5. The van der Waals surface area contributed by atoms with Crippen LogP contribution >= 0.6 is 0 Å². The molecule has 4 aromatic carbocycles. The third kappa shape index (κ3) is 2.27. The lowest BCUT2D eigenvalue weighted by Gasteiger charge is -2.10. The molecule has 9 aromatic rings. The van der Waals surface area contributed by atoms with Gasteiger partial charge in [0.2, 0.25) is 5.95 Å². The standard InChI is InChI=1S/C32H19N5/c1-18-29-24(12-8-16-33-29)35-32(34-18)37-26-14-6-3-10-20(26)23-17-22-19-9-2-5-13-25(19)36-27-15-7-4-11-21(27)28(30(22)36)31(23)37/h2-17H,1H3. The number of pyridine rings is 1. The van der Waals surface area contributed by atoms with E-state index in [0.717, 1.165) is 27.8 Å². The summed E-state index contributed by atoms with van der Waals surface area (Å²) in [4.78, 5) is 14.6. The van der Waals surface area contributed by atoms with E-state index in [1.165, 1.54) is 48.9 Å². The summed E-state index contributed by atoms with van der Waals surface area (Å²) in [6, 6.07) is 32.3. The van der Waals surface area contributed by atoms with Gasteiger partial charge in [0.25, 0.3) is 0 Å². The lowest BCUT2D eigenvalue weighted by atomic mass is 10.0. The number of fused-ring (bicyclic) bond motifs is 11. The zero-order valence-electron chi connectivity index (χ0n) is 20.0. The minimum absolute atomic E-state index is 0.673. The van der Waals surface area contributed by atoms with Crippen molar-refractivity contribution in [3.63, 3.8) is 0 Å². The van der Waals surface area contributed by atoms with Gasteiger partial charge >= 0.3 is 0 Å². The molecule has 172 valence electrons. The van der Waals surface area contributed by atoms with Gasteiger partial charge in [0, 0.05) is 38.5 Å². The fraction of sp³-hybridized carbons (Fsp3) is 0.0312. The largest absolute Gasteiger partial charge is 0.308 e. The number of rotatable bonds is 1. The fourth-order valence-electron chi connectivity index (χ4n) is 6.37. The highest BCUT2D eigenvalue weighted by Gasteiger charge is 2.24. The van der Waals surface area contributed by atoms with Crippen molar-refractivity contribution in [2.75, 3.05) is 0 Å². The molecule has 9 rings (SSSR count).